The molecule has 2 aromatic heterocycles. The van der Waals surface area contributed by atoms with Crippen LogP contribution in [0.3, 0.4) is 0 Å². The van der Waals surface area contributed by atoms with Crippen LogP contribution in [0.1, 0.15) is 82.8 Å². The Morgan fingerprint density at radius 3 is 2.45 bits per heavy atom. The minimum atomic E-state index is -3.38. The zero-order valence-corrected chi connectivity index (χ0v) is 27.0. The lowest BCUT2D eigenvalue weighted by molar-refractivity contribution is 0.0185. The number of ether oxygens (including phenoxy) is 1. The molecule has 3 aromatic rings. The number of carbonyl (C=O) groups excluding carboxylic acids is 1. The van der Waals surface area contributed by atoms with E-state index in [1.165, 1.54) is 0 Å². The van der Waals surface area contributed by atoms with E-state index in [1.807, 2.05) is 56.8 Å². The summed E-state index contributed by atoms with van der Waals surface area (Å²) in [6.45, 7) is 13.8. The average molecular weight is 617 g/mol. The van der Waals surface area contributed by atoms with Crippen LogP contribution in [0.4, 0.5) is 16.6 Å². The third kappa shape index (κ3) is 8.01. The van der Waals surface area contributed by atoms with Gasteiger partial charge in [-0.15, -0.1) is 0 Å². The molecule has 1 aliphatic heterocycles. The Bertz CT molecular complexity index is 1530. The number of nitrogens with zero attached hydrogens (tertiary/aromatic N) is 5. The normalized spacial score (nSPS) is 15.1. The summed E-state index contributed by atoms with van der Waals surface area (Å²) in [4.78, 5) is 23.3. The van der Waals surface area contributed by atoms with Gasteiger partial charge in [0.05, 0.1) is 22.2 Å². The molecule has 0 spiro atoms. The second kappa shape index (κ2) is 12.2. The highest BCUT2D eigenvalue weighted by molar-refractivity contribution is 7.91. The number of carbonyl (C=O) groups is 1. The van der Waals surface area contributed by atoms with E-state index in [0.717, 1.165) is 29.7 Å². The van der Waals surface area contributed by atoms with E-state index in [0.29, 0.717) is 41.9 Å². The molecule has 1 aliphatic rings. The summed E-state index contributed by atoms with van der Waals surface area (Å²) in [5.41, 5.74) is 2.71. The molecule has 228 valence electrons. The predicted molar refractivity (Wildman–Crippen MR) is 165 cm³/mol. The van der Waals surface area contributed by atoms with Crippen LogP contribution in [0.15, 0.2) is 36.7 Å². The summed E-state index contributed by atoms with van der Waals surface area (Å²) in [5.74, 6) is 0.923. The van der Waals surface area contributed by atoms with Crippen molar-refractivity contribution in [3.05, 3.63) is 64.1 Å². The molecule has 0 saturated carbocycles. The van der Waals surface area contributed by atoms with Gasteiger partial charge >= 0.3 is 6.09 Å². The summed E-state index contributed by atoms with van der Waals surface area (Å²) in [5, 5.41) is 8.32. The van der Waals surface area contributed by atoms with Crippen LogP contribution >= 0.6 is 11.6 Å². The monoisotopic (exact) mass is 616 g/mol. The topological polar surface area (TPSA) is 119 Å². The van der Waals surface area contributed by atoms with Crippen LogP contribution in [0, 0.1) is 6.92 Å². The van der Waals surface area contributed by atoms with Crippen LogP contribution in [-0.2, 0) is 26.7 Å². The maximum atomic E-state index is 12.8. The summed E-state index contributed by atoms with van der Waals surface area (Å²) in [6.07, 6.45) is 5.46. The minimum Gasteiger partial charge on any atom is -0.444 e. The molecular weight excluding hydrogens is 576 g/mol. The number of anilines is 2. The first-order valence-corrected chi connectivity index (χ1v) is 16.2. The van der Waals surface area contributed by atoms with Crippen molar-refractivity contribution in [3.63, 3.8) is 0 Å². The number of aromatic nitrogens is 4. The first-order valence-electron chi connectivity index (χ1n) is 14.1. The Hall–Kier alpha value is -3.18. The number of rotatable bonds is 7. The number of piperidine rings is 1. The molecule has 0 atom stereocenters. The first kappa shape index (κ1) is 31.7. The maximum Gasteiger partial charge on any atom is 0.410 e. The third-order valence-corrected chi connectivity index (χ3v) is 10.1. The highest BCUT2D eigenvalue weighted by Crippen LogP contribution is 2.28. The van der Waals surface area contributed by atoms with Gasteiger partial charge in [-0.3, -0.25) is 4.68 Å². The van der Waals surface area contributed by atoms with Crippen molar-refractivity contribution in [1.29, 1.82) is 0 Å². The van der Waals surface area contributed by atoms with Crippen molar-refractivity contribution in [2.24, 2.45) is 0 Å². The number of aryl methyl sites for hydroxylation is 1. The zero-order valence-electron chi connectivity index (χ0n) is 25.4. The Morgan fingerprint density at radius 1 is 1.12 bits per heavy atom. The number of likely N-dealkylation sites (tertiary alicyclic amines) is 1. The van der Waals surface area contributed by atoms with Gasteiger partial charge in [0.15, 0.2) is 15.7 Å². The van der Waals surface area contributed by atoms with Crippen molar-refractivity contribution >= 4 is 39.3 Å². The zero-order chi connectivity index (χ0) is 30.9. The van der Waals surface area contributed by atoms with Crippen LogP contribution in [0.2, 0.25) is 5.02 Å². The molecule has 1 fully saturated rings. The molecule has 0 bridgehead atoms. The van der Waals surface area contributed by atoms with Gasteiger partial charge < -0.3 is 15.0 Å². The Labute approximate surface area is 253 Å². The molecule has 1 aromatic carbocycles. The number of hydrogen-bond donors (Lipinski definition) is 1. The fourth-order valence-corrected chi connectivity index (χ4v) is 5.89. The van der Waals surface area contributed by atoms with Crippen molar-refractivity contribution < 1.29 is 17.9 Å². The molecule has 0 aliphatic carbocycles. The molecule has 3 heterocycles. The molecule has 1 saturated heterocycles. The van der Waals surface area contributed by atoms with Crippen LogP contribution in [0.5, 0.6) is 0 Å². The fourth-order valence-electron chi connectivity index (χ4n) is 4.54. The average Bonchev–Trinajstić information content (AvgIpc) is 3.35. The molecule has 10 nitrogen and oxygen atoms in total. The smallest absolute Gasteiger partial charge is 0.410 e. The van der Waals surface area contributed by atoms with Gasteiger partial charge in [0.2, 0.25) is 5.95 Å². The molecule has 1 amide bonds. The maximum absolute atomic E-state index is 12.8. The van der Waals surface area contributed by atoms with Gasteiger partial charge in [-0.1, -0.05) is 23.7 Å². The number of nitrogens with one attached hydrogen (secondary N) is 1. The largest absolute Gasteiger partial charge is 0.444 e. The van der Waals surface area contributed by atoms with Crippen LogP contribution < -0.4 is 5.32 Å². The second-order valence-corrected chi connectivity index (χ2v) is 16.0. The van der Waals surface area contributed by atoms with E-state index in [-0.39, 0.29) is 17.9 Å². The van der Waals surface area contributed by atoms with Crippen molar-refractivity contribution in [1.82, 2.24) is 24.6 Å². The van der Waals surface area contributed by atoms with Gasteiger partial charge in [0.25, 0.3) is 0 Å². The third-order valence-electron chi connectivity index (χ3n) is 7.18. The molecule has 0 radical (unpaired) electrons. The SMILES string of the molecule is Cc1cnc(Nc2ccn(C3CCN(C(=O)OC(C)(C)C)CC3)n2)nc1Cc1ccc(Cl)c(CS(=O)(=O)C(C)(C)C)c1. The molecule has 1 N–H and O–H groups in total. The van der Waals surface area contributed by atoms with E-state index in [2.05, 4.69) is 15.4 Å². The molecule has 4 rings (SSSR count). The van der Waals surface area contributed by atoms with E-state index in [9.17, 15) is 13.2 Å². The highest BCUT2D eigenvalue weighted by atomic mass is 35.5. The first-order chi connectivity index (χ1) is 19.5. The molecule has 42 heavy (non-hydrogen) atoms. The summed E-state index contributed by atoms with van der Waals surface area (Å²) < 4.78 is 32.1. The van der Waals surface area contributed by atoms with Gasteiger partial charge in [-0.2, -0.15) is 5.10 Å². The van der Waals surface area contributed by atoms with Gasteiger partial charge in [-0.25, -0.2) is 23.2 Å². The van der Waals surface area contributed by atoms with E-state index >= 15 is 0 Å². The van der Waals surface area contributed by atoms with E-state index in [1.54, 1.807) is 37.9 Å². The summed E-state index contributed by atoms with van der Waals surface area (Å²) >= 11 is 6.37. The number of halogens is 1. The van der Waals surface area contributed by atoms with Gasteiger partial charge in [0, 0.05) is 43.0 Å². The highest BCUT2D eigenvalue weighted by Gasteiger charge is 2.30. The predicted octanol–water partition coefficient (Wildman–Crippen LogP) is 6.25. The molecule has 12 heteroatoms. The molecular formula is C30H41ClN6O4S. The second-order valence-electron chi connectivity index (χ2n) is 12.8. The van der Waals surface area contributed by atoms with Crippen LogP contribution in [0.25, 0.3) is 0 Å². The minimum absolute atomic E-state index is 0.124. The lowest BCUT2D eigenvalue weighted by Crippen LogP contribution is -2.42. The number of amides is 1. The summed E-state index contributed by atoms with van der Waals surface area (Å²) in [6, 6.07) is 7.53. The van der Waals surface area contributed by atoms with E-state index < -0.39 is 20.2 Å². The van der Waals surface area contributed by atoms with Crippen molar-refractivity contribution in [2.75, 3.05) is 18.4 Å². The van der Waals surface area contributed by atoms with Crippen LogP contribution in [-0.4, -0.2) is 62.6 Å². The van der Waals surface area contributed by atoms with Crippen molar-refractivity contribution in [3.8, 4) is 0 Å². The van der Waals surface area contributed by atoms with Gasteiger partial charge in [-0.05, 0) is 84.1 Å². The van der Waals surface area contributed by atoms with Crippen molar-refractivity contribution in [2.45, 2.75) is 89.9 Å². The quantitative estimate of drug-likeness (QED) is 0.331. The summed E-state index contributed by atoms with van der Waals surface area (Å²) in [7, 11) is -3.38. The Balaban J connectivity index is 1.41. The Kier molecular flexibility index (Phi) is 9.22. The number of benzene rings is 1. The fraction of sp³-hybridized carbons (Fsp3) is 0.533. The standard InChI is InChI=1S/C30H41ClN6O4S/c1-20-18-32-27(33-25(20)17-21-8-9-24(31)22(16-21)19-42(39,40)30(5,6)7)34-26-12-15-37(35-26)23-10-13-36(14-11-23)28(38)41-29(2,3)4/h8-9,12,15-16,18,23H,10-11,13-14,17,19H2,1-7H3,(H,32,33,34,35). The number of sulfone groups is 1. The van der Waals surface area contributed by atoms with Gasteiger partial charge in [0.1, 0.15) is 5.60 Å². The lowest BCUT2D eigenvalue weighted by atomic mass is 10.0. The molecule has 0 unspecified atom stereocenters. The Morgan fingerprint density at radius 2 is 1.81 bits per heavy atom. The number of hydrogen-bond acceptors (Lipinski definition) is 8. The lowest BCUT2D eigenvalue weighted by Gasteiger charge is -2.33. The van der Waals surface area contributed by atoms with E-state index in [4.69, 9.17) is 21.3 Å².